The predicted octanol–water partition coefficient (Wildman–Crippen LogP) is 0.0204. The van der Waals surface area contributed by atoms with Crippen LogP contribution in [0, 0.1) is 0 Å². The number of H-pyrrole nitrogens is 1. The minimum absolute atomic E-state index is 0.186. The number of carbonyl (C=O) groups is 1. The van der Waals surface area contributed by atoms with Crippen LogP contribution in [0.2, 0.25) is 0 Å². The average Bonchev–Trinajstić information content (AvgIpc) is 2.84. The fraction of sp³-hybridized carbons (Fsp3) is 0.700. The molecule has 0 bridgehead atoms. The van der Waals surface area contributed by atoms with Gasteiger partial charge in [-0.2, -0.15) is 0 Å². The van der Waals surface area contributed by atoms with E-state index in [-0.39, 0.29) is 11.7 Å². The second kappa shape index (κ2) is 5.60. The van der Waals surface area contributed by atoms with Crippen LogP contribution in [0.3, 0.4) is 0 Å². The maximum atomic E-state index is 11.5. The Labute approximate surface area is 94.4 Å². The summed E-state index contributed by atoms with van der Waals surface area (Å²) >= 11 is 0. The van der Waals surface area contributed by atoms with Crippen molar-refractivity contribution < 1.29 is 4.79 Å². The molecule has 16 heavy (non-hydrogen) atoms. The summed E-state index contributed by atoms with van der Waals surface area (Å²) in [5.41, 5.74) is 0. The van der Waals surface area contributed by atoms with E-state index in [9.17, 15) is 4.79 Å². The molecular weight excluding hydrogens is 206 g/mol. The summed E-state index contributed by atoms with van der Waals surface area (Å²) in [6.07, 6.45) is 5.28. The van der Waals surface area contributed by atoms with Gasteiger partial charge < -0.3 is 15.2 Å². The molecule has 0 unspecified atom stereocenters. The van der Waals surface area contributed by atoms with Crippen molar-refractivity contribution in [1.29, 1.82) is 0 Å². The third-order valence-electron chi connectivity index (χ3n) is 2.79. The van der Waals surface area contributed by atoms with Crippen molar-refractivity contribution in [2.45, 2.75) is 19.3 Å². The first kappa shape index (κ1) is 11.1. The SMILES string of the molecule is O=C(NCCN1CCCCC1)c1nnc[nH]1. The van der Waals surface area contributed by atoms with Gasteiger partial charge >= 0.3 is 0 Å². The summed E-state index contributed by atoms with van der Waals surface area (Å²) in [6.45, 7) is 3.88. The van der Waals surface area contributed by atoms with Crippen LogP contribution < -0.4 is 5.32 Å². The van der Waals surface area contributed by atoms with Crippen LogP contribution >= 0.6 is 0 Å². The van der Waals surface area contributed by atoms with Gasteiger partial charge in [-0.15, -0.1) is 10.2 Å². The van der Waals surface area contributed by atoms with Crippen molar-refractivity contribution in [3.05, 3.63) is 12.2 Å². The van der Waals surface area contributed by atoms with Crippen molar-refractivity contribution in [2.75, 3.05) is 26.2 Å². The van der Waals surface area contributed by atoms with Gasteiger partial charge in [0.15, 0.2) is 0 Å². The standard InChI is InChI=1S/C10H17N5O/c16-10(9-12-8-13-14-9)11-4-7-15-5-2-1-3-6-15/h8H,1-7H2,(H,11,16)(H,12,13,14). The molecule has 0 aromatic carbocycles. The third-order valence-corrected chi connectivity index (χ3v) is 2.79. The number of hydrogen-bond acceptors (Lipinski definition) is 4. The maximum absolute atomic E-state index is 11.5. The molecule has 6 nitrogen and oxygen atoms in total. The molecule has 1 aromatic rings. The molecule has 2 heterocycles. The van der Waals surface area contributed by atoms with E-state index < -0.39 is 0 Å². The lowest BCUT2D eigenvalue weighted by molar-refractivity contribution is 0.0936. The number of piperidine rings is 1. The number of hydrogen-bond donors (Lipinski definition) is 2. The first-order valence-electron chi connectivity index (χ1n) is 5.73. The number of aromatic nitrogens is 3. The molecule has 1 aromatic heterocycles. The van der Waals surface area contributed by atoms with Crippen molar-refractivity contribution in [3.63, 3.8) is 0 Å². The van der Waals surface area contributed by atoms with Crippen LogP contribution in [0.25, 0.3) is 0 Å². The number of amides is 1. The number of aromatic amines is 1. The highest BCUT2D eigenvalue weighted by Gasteiger charge is 2.11. The highest BCUT2D eigenvalue weighted by atomic mass is 16.2. The molecule has 2 N–H and O–H groups in total. The van der Waals surface area contributed by atoms with E-state index in [1.165, 1.54) is 25.6 Å². The van der Waals surface area contributed by atoms with Crippen molar-refractivity contribution in [3.8, 4) is 0 Å². The Morgan fingerprint density at radius 3 is 2.94 bits per heavy atom. The molecular formula is C10H17N5O. The number of carbonyl (C=O) groups excluding carboxylic acids is 1. The normalized spacial score (nSPS) is 17.2. The van der Waals surface area contributed by atoms with Crippen LogP contribution in [-0.4, -0.2) is 52.2 Å². The molecule has 0 radical (unpaired) electrons. The molecule has 1 aliphatic rings. The van der Waals surface area contributed by atoms with E-state index in [4.69, 9.17) is 0 Å². The molecule has 6 heteroatoms. The zero-order chi connectivity index (χ0) is 11.2. The van der Waals surface area contributed by atoms with Gasteiger partial charge in [-0.05, 0) is 25.9 Å². The summed E-state index contributed by atoms with van der Waals surface area (Å²) in [7, 11) is 0. The van der Waals surface area contributed by atoms with Crippen LogP contribution in [0.4, 0.5) is 0 Å². The summed E-state index contributed by atoms with van der Waals surface area (Å²) in [6, 6.07) is 0. The zero-order valence-electron chi connectivity index (χ0n) is 9.28. The summed E-state index contributed by atoms with van der Waals surface area (Å²) < 4.78 is 0. The molecule has 0 aliphatic carbocycles. The number of nitrogens with zero attached hydrogens (tertiary/aromatic N) is 3. The molecule has 0 atom stereocenters. The Bertz CT molecular complexity index is 318. The average molecular weight is 223 g/mol. The van der Waals surface area contributed by atoms with Crippen molar-refractivity contribution >= 4 is 5.91 Å². The summed E-state index contributed by atoms with van der Waals surface area (Å²) in [5, 5.41) is 10.0. The molecule has 2 rings (SSSR count). The molecule has 88 valence electrons. The molecule has 0 spiro atoms. The lowest BCUT2D eigenvalue weighted by atomic mass is 10.1. The van der Waals surface area contributed by atoms with Crippen molar-refractivity contribution in [2.24, 2.45) is 0 Å². The summed E-state index contributed by atoms with van der Waals surface area (Å²) in [5.74, 6) is 0.0909. The first-order valence-corrected chi connectivity index (χ1v) is 5.73. The van der Waals surface area contributed by atoms with Gasteiger partial charge in [0.1, 0.15) is 6.33 Å². The van der Waals surface area contributed by atoms with E-state index in [0.717, 1.165) is 19.6 Å². The lowest BCUT2D eigenvalue weighted by Gasteiger charge is -2.26. The highest BCUT2D eigenvalue weighted by Crippen LogP contribution is 2.07. The van der Waals surface area contributed by atoms with E-state index in [1.807, 2.05) is 0 Å². The quantitative estimate of drug-likeness (QED) is 0.754. The van der Waals surface area contributed by atoms with Crippen LogP contribution in [-0.2, 0) is 0 Å². The third kappa shape index (κ3) is 3.03. The highest BCUT2D eigenvalue weighted by molar-refractivity contribution is 5.90. The largest absolute Gasteiger partial charge is 0.348 e. The second-order valence-corrected chi connectivity index (χ2v) is 4.00. The Morgan fingerprint density at radius 1 is 1.44 bits per heavy atom. The Hall–Kier alpha value is -1.43. The van der Waals surface area contributed by atoms with Gasteiger partial charge in [0, 0.05) is 13.1 Å². The molecule has 1 aliphatic heterocycles. The van der Waals surface area contributed by atoms with Crippen molar-refractivity contribution in [1.82, 2.24) is 25.4 Å². The van der Waals surface area contributed by atoms with Gasteiger partial charge in [-0.1, -0.05) is 6.42 Å². The van der Waals surface area contributed by atoms with E-state index in [0.29, 0.717) is 6.54 Å². The van der Waals surface area contributed by atoms with Crippen LogP contribution in [0.15, 0.2) is 6.33 Å². The van der Waals surface area contributed by atoms with Gasteiger partial charge in [0.05, 0.1) is 0 Å². The van der Waals surface area contributed by atoms with Crippen LogP contribution in [0.1, 0.15) is 29.9 Å². The van der Waals surface area contributed by atoms with Crippen LogP contribution in [0.5, 0.6) is 0 Å². The molecule has 1 amide bonds. The fourth-order valence-corrected chi connectivity index (χ4v) is 1.91. The fourth-order valence-electron chi connectivity index (χ4n) is 1.91. The van der Waals surface area contributed by atoms with Gasteiger partial charge in [-0.25, -0.2) is 0 Å². The topological polar surface area (TPSA) is 73.9 Å². The number of rotatable bonds is 4. The Kier molecular flexibility index (Phi) is 3.87. The van der Waals surface area contributed by atoms with Gasteiger partial charge in [0.2, 0.25) is 5.82 Å². The van der Waals surface area contributed by atoms with Gasteiger partial charge in [0.25, 0.3) is 5.91 Å². The lowest BCUT2D eigenvalue weighted by Crippen LogP contribution is -2.37. The first-order chi connectivity index (χ1) is 7.86. The number of nitrogens with one attached hydrogen (secondary N) is 2. The Morgan fingerprint density at radius 2 is 2.25 bits per heavy atom. The number of likely N-dealkylation sites (tertiary alicyclic amines) is 1. The summed E-state index contributed by atoms with van der Waals surface area (Å²) in [4.78, 5) is 16.5. The minimum Gasteiger partial charge on any atom is -0.348 e. The Balaban J connectivity index is 1.66. The van der Waals surface area contributed by atoms with E-state index in [2.05, 4.69) is 25.4 Å². The molecule has 1 fully saturated rings. The minimum atomic E-state index is -0.186. The van der Waals surface area contributed by atoms with Gasteiger partial charge in [-0.3, -0.25) is 4.79 Å². The smallest absolute Gasteiger partial charge is 0.289 e. The second-order valence-electron chi connectivity index (χ2n) is 4.00. The van der Waals surface area contributed by atoms with E-state index in [1.54, 1.807) is 0 Å². The monoisotopic (exact) mass is 223 g/mol. The zero-order valence-corrected chi connectivity index (χ0v) is 9.28. The van der Waals surface area contributed by atoms with E-state index >= 15 is 0 Å². The maximum Gasteiger partial charge on any atom is 0.289 e. The molecule has 0 saturated carbocycles. The molecule has 1 saturated heterocycles. The predicted molar refractivity (Wildman–Crippen MR) is 59.0 cm³/mol.